The zero-order valence-electron chi connectivity index (χ0n) is 15.4. The van der Waals surface area contributed by atoms with Crippen LogP contribution in [-0.2, 0) is 9.59 Å². The van der Waals surface area contributed by atoms with Crippen LogP contribution in [0.4, 0.5) is 0 Å². The quantitative estimate of drug-likeness (QED) is 0.667. The summed E-state index contributed by atoms with van der Waals surface area (Å²) in [4.78, 5) is 26.4. The first-order valence-corrected chi connectivity index (χ1v) is 9.25. The van der Waals surface area contributed by atoms with Crippen LogP contribution in [0, 0.1) is 17.8 Å². The number of carbonyl (C=O) groups is 2. The number of likely N-dealkylation sites (tertiary alicyclic amines) is 1. The fourth-order valence-electron chi connectivity index (χ4n) is 3.79. The topological polar surface area (TPSA) is 81.7 Å². The van der Waals surface area contributed by atoms with Crippen molar-refractivity contribution in [3.63, 3.8) is 0 Å². The Morgan fingerprint density at radius 3 is 2.42 bits per heavy atom. The van der Waals surface area contributed by atoms with Crippen molar-refractivity contribution in [1.82, 2.24) is 15.5 Å². The van der Waals surface area contributed by atoms with E-state index in [4.69, 9.17) is 0 Å². The lowest BCUT2D eigenvalue weighted by atomic mass is 9.91. The molecule has 0 radical (unpaired) electrons. The molecule has 6 nitrogen and oxygen atoms in total. The summed E-state index contributed by atoms with van der Waals surface area (Å²) in [6, 6.07) is 0.0696. The molecule has 24 heavy (non-hydrogen) atoms. The normalized spacial score (nSPS) is 32.1. The lowest BCUT2D eigenvalue weighted by Gasteiger charge is -2.24. The van der Waals surface area contributed by atoms with Crippen LogP contribution in [-0.4, -0.2) is 60.1 Å². The summed E-state index contributed by atoms with van der Waals surface area (Å²) >= 11 is 0. The van der Waals surface area contributed by atoms with Gasteiger partial charge in [-0.3, -0.25) is 9.59 Å². The van der Waals surface area contributed by atoms with E-state index in [-0.39, 0.29) is 41.7 Å². The van der Waals surface area contributed by atoms with Crippen molar-refractivity contribution >= 4 is 11.8 Å². The molecule has 1 saturated carbocycles. The van der Waals surface area contributed by atoms with Crippen LogP contribution >= 0.6 is 0 Å². The highest BCUT2D eigenvalue weighted by Gasteiger charge is 2.37. The Morgan fingerprint density at radius 1 is 1.12 bits per heavy atom. The van der Waals surface area contributed by atoms with Crippen LogP contribution in [0.5, 0.6) is 0 Å². The second-order valence-electron chi connectivity index (χ2n) is 7.99. The average molecular weight is 339 g/mol. The Hall–Kier alpha value is -1.14. The molecule has 2 aliphatic rings. The second-order valence-corrected chi connectivity index (χ2v) is 7.99. The fraction of sp³-hybridized carbons (Fsp3) is 0.889. The Morgan fingerprint density at radius 2 is 1.83 bits per heavy atom. The van der Waals surface area contributed by atoms with E-state index >= 15 is 0 Å². The summed E-state index contributed by atoms with van der Waals surface area (Å²) in [5.41, 5.74) is 0. The highest BCUT2D eigenvalue weighted by Crippen LogP contribution is 2.31. The molecule has 3 N–H and O–H groups in total. The van der Waals surface area contributed by atoms with E-state index in [1.54, 1.807) is 0 Å². The van der Waals surface area contributed by atoms with Crippen molar-refractivity contribution in [3.8, 4) is 0 Å². The number of hydrogen-bond acceptors (Lipinski definition) is 4. The third kappa shape index (κ3) is 4.93. The van der Waals surface area contributed by atoms with E-state index in [1.807, 2.05) is 20.8 Å². The summed E-state index contributed by atoms with van der Waals surface area (Å²) in [5.74, 6) is -0.0527. The average Bonchev–Trinajstić information content (AvgIpc) is 3.07. The SMILES string of the molecule is CC(C)C(=O)NC1CCC(CC(C)C(=O)NC2CCN(C)C2)C1O. The third-order valence-electron chi connectivity index (χ3n) is 5.44. The van der Waals surface area contributed by atoms with Crippen LogP contribution in [0.25, 0.3) is 0 Å². The molecule has 1 saturated heterocycles. The van der Waals surface area contributed by atoms with Crippen LogP contribution in [0.3, 0.4) is 0 Å². The maximum Gasteiger partial charge on any atom is 0.223 e. The first kappa shape index (κ1) is 19.2. The number of amides is 2. The maximum absolute atomic E-state index is 12.4. The van der Waals surface area contributed by atoms with Crippen LogP contribution in [0.1, 0.15) is 46.5 Å². The van der Waals surface area contributed by atoms with E-state index in [9.17, 15) is 14.7 Å². The molecule has 5 atom stereocenters. The van der Waals surface area contributed by atoms with Crippen molar-refractivity contribution in [2.24, 2.45) is 17.8 Å². The molecular formula is C18H33N3O3. The summed E-state index contributed by atoms with van der Waals surface area (Å²) in [5, 5.41) is 16.5. The van der Waals surface area contributed by atoms with E-state index in [0.717, 1.165) is 32.4 Å². The molecule has 6 heteroatoms. The zero-order valence-corrected chi connectivity index (χ0v) is 15.4. The first-order valence-electron chi connectivity index (χ1n) is 9.25. The summed E-state index contributed by atoms with van der Waals surface area (Å²) in [7, 11) is 2.07. The minimum atomic E-state index is -0.555. The molecule has 5 unspecified atom stereocenters. The molecule has 2 rings (SSSR count). The molecule has 0 spiro atoms. The Kier molecular flexibility index (Phi) is 6.63. The Labute approximate surface area is 145 Å². The lowest BCUT2D eigenvalue weighted by molar-refractivity contribution is -0.127. The molecule has 0 aromatic heterocycles. The number of aliphatic hydroxyl groups excluding tert-OH is 1. The molecular weight excluding hydrogens is 306 g/mol. The van der Waals surface area contributed by atoms with Gasteiger partial charge in [-0.15, -0.1) is 0 Å². The van der Waals surface area contributed by atoms with E-state index in [1.165, 1.54) is 0 Å². The van der Waals surface area contributed by atoms with Crippen LogP contribution in [0.2, 0.25) is 0 Å². The number of rotatable bonds is 6. The molecule has 0 aromatic rings. The predicted octanol–water partition coefficient (Wildman–Crippen LogP) is 0.745. The molecule has 1 heterocycles. The Balaban J connectivity index is 1.78. The molecule has 138 valence electrons. The van der Waals surface area contributed by atoms with E-state index in [2.05, 4.69) is 22.6 Å². The number of aliphatic hydroxyl groups is 1. The number of likely N-dealkylation sites (N-methyl/N-ethyl adjacent to an activating group) is 1. The number of nitrogens with one attached hydrogen (secondary N) is 2. The molecule has 2 amide bonds. The number of nitrogens with zero attached hydrogens (tertiary/aromatic N) is 1. The van der Waals surface area contributed by atoms with Crippen molar-refractivity contribution in [2.75, 3.05) is 20.1 Å². The highest BCUT2D eigenvalue weighted by atomic mass is 16.3. The Bertz CT molecular complexity index is 455. The van der Waals surface area contributed by atoms with Crippen molar-refractivity contribution in [1.29, 1.82) is 0 Å². The largest absolute Gasteiger partial charge is 0.391 e. The number of hydrogen-bond donors (Lipinski definition) is 3. The summed E-state index contributed by atoms with van der Waals surface area (Å²) in [6.45, 7) is 7.56. The van der Waals surface area contributed by atoms with Gasteiger partial charge in [0.2, 0.25) is 11.8 Å². The van der Waals surface area contributed by atoms with Crippen molar-refractivity contribution in [2.45, 2.75) is 64.6 Å². The van der Waals surface area contributed by atoms with Gasteiger partial charge >= 0.3 is 0 Å². The van der Waals surface area contributed by atoms with Gasteiger partial charge in [-0.25, -0.2) is 0 Å². The van der Waals surface area contributed by atoms with Gasteiger partial charge in [0.25, 0.3) is 0 Å². The molecule has 1 aliphatic carbocycles. The smallest absolute Gasteiger partial charge is 0.223 e. The standard InChI is InChI=1S/C18H33N3O3/c1-11(2)17(23)20-15-6-5-13(16(15)22)9-12(3)18(24)19-14-7-8-21(4)10-14/h11-16,22H,5-10H2,1-4H3,(H,19,24)(H,20,23). The zero-order chi connectivity index (χ0) is 17.9. The van der Waals surface area contributed by atoms with Crippen LogP contribution < -0.4 is 10.6 Å². The van der Waals surface area contributed by atoms with E-state index in [0.29, 0.717) is 6.42 Å². The number of carbonyl (C=O) groups excluding carboxylic acids is 2. The van der Waals surface area contributed by atoms with Gasteiger partial charge in [0, 0.05) is 24.4 Å². The van der Waals surface area contributed by atoms with Crippen molar-refractivity contribution < 1.29 is 14.7 Å². The molecule has 2 fully saturated rings. The second kappa shape index (κ2) is 8.30. The molecule has 1 aliphatic heterocycles. The van der Waals surface area contributed by atoms with Crippen molar-refractivity contribution in [3.05, 3.63) is 0 Å². The fourth-order valence-corrected chi connectivity index (χ4v) is 3.79. The minimum absolute atomic E-state index is 0.0177. The first-order chi connectivity index (χ1) is 11.3. The van der Waals surface area contributed by atoms with E-state index < -0.39 is 6.10 Å². The van der Waals surface area contributed by atoms with Gasteiger partial charge in [0.15, 0.2) is 0 Å². The van der Waals surface area contributed by atoms with Gasteiger partial charge < -0.3 is 20.6 Å². The lowest BCUT2D eigenvalue weighted by Crippen LogP contribution is -2.44. The predicted molar refractivity (Wildman–Crippen MR) is 93.3 cm³/mol. The van der Waals surface area contributed by atoms with Gasteiger partial charge in [-0.2, -0.15) is 0 Å². The minimum Gasteiger partial charge on any atom is -0.391 e. The summed E-state index contributed by atoms with van der Waals surface area (Å²) < 4.78 is 0. The molecule has 0 aromatic carbocycles. The van der Waals surface area contributed by atoms with Gasteiger partial charge in [0.1, 0.15) is 0 Å². The summed E-state index contributed by atoms with van der Waals surface area (Å²) in [6.07, 6.45) is 2.76. The third-order valence-corrected chi connectivity index (χ3v) is 5.44. The maximum atomic E-state index is 12.4. The van der Waals surface area contributed by atoms with Gasteiger partial charge in [0.05, 0.1) is 12.1 Å². The monoisotopic (exact) mass is 339 g/mol. The van der Waals surface area contributed by atoms with Crippen LogP contribution in [0.15, 0.2) is 0 Å². The molecule has 0 bridgehead atoms. The van der Waals surface area contributed by atoms with Gasteiger partial charge in [-0.1, -0.05) is 20.8 Å². The highest BCUT2D eigenvalue weighted by molar-refractivity contribution is 5.79. The van der Waals surface area contributed by atoms with Gasteiger partial charge in [-0.05, 0) is 45.2 Å².